The summed E-state index contributed by atoms with van der Waals surface area (Å²) < 4.78 is 24.4. The Kier molecular flexibility index (Phi) is 7.10. The third kappa shape index (κ3) is 5.16. The molecule has 0 aliphatic carbocycles. The number of hydrogen-bond acceptors (Lipinski definition) is 5. The topological polar surface area (TPSA) is 71.4 Å². The molecular formula is C27H26FN3O4. The monoisotopic (exact) mass is 475 g/mol. The maximum atomic E-state index is 13.6. The van der Waals surface area contributed by atoms with Gasteiger partial charge in [0.15, 0.2) is 0 Å². The summed E-state index contributed by atoms with van der Waals surface area (Å²) in [7, 11) is 4.66. The van der Waals surface area contributed by atoms with Crippen LogP contribution in [0.25, 0.3) is 0 Å². The van der Waals surface area contributed by atoms with Gasteiger partial charge in [-0.05, 0) is 35.9 Å². The smallest absolute Gasteiger partial charge is 0.262 e. The van der Waals surface area contributed by atoms with Gasteiger partial charge in [-0.3, -0.25) is 9.59 Å². The Morgan fingerprint density at radius 3 is 2.49 bits per heavy atom. The van der Waals surface area contributed by atoms with Crippen LogP contribution in [-0.4, -0.2) is 55.2 Å². The molecule has 1 aliphatic heterocycles. The van der Waals surface area contributed by atoms with Crippen molar-refractivity contribution in [1.82, 2.24) is 9.91 Å². The van der Waals surface area contributed by atoms with Gasteiger partial charge in [-0.2, -0.15) is 5.10 Å². The SMILES string of the molecule is COc1ccc(C2=NN(C(=O)CN(C)C(=O)c3cccc(F)c3)C(c3ccccc3)C2)c(OC)c1. The number of nitrogens with zero attached hydrogens (tertiary/aromatic N) is 3. The third-order valence-electron chi connectivity index (χ3n) is 5.86. The van der Waals surface area contributed by atoms with Crippen molar-refractivity contribution in [2.45, 2.75) is 12.5 Å². The Morgan fingerprint density at radius 1 is 1.03 bits per heavy atom. The number of amides is 2. The molecule has 180 valence electrons. The van der Waals surface area contributed by atoms with E-state index in [0.29, 0.717) is 23.6 Å². The van der Waals surface area contributed by atoms with E-state index in [9.17, 15) is 14.0 Å². The van der Waals surface area contributed by atoms with Crippen molar-refractivity contribution in [2.75, 3.05) is 27.8 Å². The summed E-state index contributed by atoms with van der Waals surface area (Å²) in [6, 6.07) is 20.1. The van der Waals surface area contributed by atoms with Crippen molar-refractivity contribution in [1.29, 1.82) is 0 Å². The highest BCUT2D eigenvalue weighted by Crippen LogP contribution is 2.36. The Bertz CT molecular complexity index is 1260. The highest BCUT2D eigenvalue weighted by atomic mass is 19.1. The molecule has 1 atom stereocenters. The van der Waals surface area contributed by atoms with Crippen molar-refractivity contribution in [3.63, 3.8) is 0 Å². The number of benzene rings is 3. The number of ether oxygens (including phenoxy) is 2. The second-order valence-corrected chi connectivity index (χ2v) is 8.15. The van der Waals surface area contributed by atoms with Crippen LogP contribution in [-0.2, 0) is 4.79 Å². The summed E-state index contributed by atoms with van der Waals surface area (Å²) >= 11 is 0. The molecule has 0 fully saturated rings. The van der Waals surface area contributed by atoms with Crippen LogP contribution in [0, 0.1) is 5.82 Å². The van der Waals surface area contributed by atoms with Crippen molar-refractivity contribution >= 4 is 17.5 Å². The molecule has 35 heavy (non-hydrogen) atoms. The maximum absolute atomic E-state index is 13.6. The third-order valence-corrected chi connectivity index (χ3v) is 5.86. The predicted octanol–water partition coefficient (Wildman–Crippen LogP) is 4.29. The van der Waals surface area contributed by atoms with Gasteiger partial charge in [-0.1, -0.05) is 36.4 Å². The molecule has 1 heterocycles. The molecule has 3 aromatic carbocycles. The van der Waals surface area contributed by atoms with Crippen molar-refractivity contribution in [3.05, 3.63) is 95.3 Å². The first-order valence-corrected chi connectivity index (χ1v) is 11.1. The van der Waals surface area contributed by atoms with E-state index >= 15 is 0 Å². The second kappa shape index (κ2) is 10.4. The molecule has 1 unspecified atom stereocenters. The average molecular weight is 476 g/mol. The van der Waals surface area contributed by atoms with E-state index in [-0.39, 0.29) is 24.1 Å². The molecule has 0 saturated carbocycles. The number of likely N-dealkylation sites (N-methyl/N-ethyl adjacent to an activating group) is 1. The molecule has 1 aliphatic rings. The number of hydrazone groups is 1. The predicted molar refractivity (Wildman–Crippen MR) is 130 cm³/mol. The van der Waals surface area contributed by atoms with Crippen LogP contribution >= 0.6 is 0 Å². The zero-order valence-corrected chi connectivity index (χ0v) is 19.8. The zero-order chi connectivity index (χ0) is 24.9. The molecule has 0 saturated heterocycles. The molecule has 7 nitrogen and oxygen atoms in total. The molecule has 0 radical (unpaired) electrons. The lowest BCUT2D eigenvalue weighted by Crippen LogP contribution is -2.39. The minimum atomic E-state index is -0.512. The van der Waals surface area contributed by atoms with Crippen LogP contribution in [0.15, 0.2) is 77.9 Å². The van der Waals surface area contributed by atoms with E-state index in [0.717, 1.165) is 17.2 Å². The molecule has 0 spiro atoms. The van der Waals surface area contributed by atoms with Gasteiger partial charge in [0.2, 0.25) is 0 Å². The fourth-order valence-electron chi connectivity index (χ4n) is 4.06. The first-order chi connectivity index (χ1) is 16.9. The normalized spacial score (nSPS) is 14.9. The van der Waals surface area contributed by atoms with Crippen LogP contribution in [0.5, 0.6) is 11.5 Å². The molecule has 3 aromatic rings. The average Bonchev–Trinajstić information content (AvgIpc) is 3.33. The zero-order valence-electron chi connectivity index (χ0n) is 19.8. The highest BCUT2D eigenvalue weighted by molar-refractivity contribution is 6.05. The van der Waals surface area contributed by atoms with Crippen LogP contribution in [0.3, 0.4) is 0 Å². The molecule has 0 N–H and O–H groups in total. The summed E-state index contributed by atoms with van der Waals surface area (Å²) in [6.45, 7) is -0.213. The molecule has 0 aromatic heterocycles. The van der Waals surface area contributed by atoms with E-state index in [1.54, 1.807) is 20.3 Å². The Balaban J connectivity index is 1.62. The standard InChI is InChI=1S/C27H26FN3O4/c1-30(27(33)19-10-7-11-20(28)14-19)17-26(32)31-24(18-8-5-4-6-9-18)16-23(29-31)22-13-12-21(34-2)15-25(22)35-3/h4-15,24H,16-17H2,1-3H3. The van der Waals surface area contributed by atoms with E-state index in [1.807, 2.05) is 42.5 Å². The molecule has 8 heteroatoms. The number of carbonyl (C=O) groups excluding carboxylic acids is 2. The largest absolute Gasteiger partial charge is 0.497 e. The van der Waals surface area contributed by atoms with Gasteiger partial charge in [0, 0.05) is 30.7 Å². The van der Waals surface area contributed by atoms with Gasteiger partial charge < -0.3 is 14.4 Å². The van der Waals surface area contributed by atoms with Gasteiger partial charge in [0.05, 0.1) is 26.0 Å². The van der Waals surface area contributed by atoms with E-state index in [4.69, 9.17) is 9.47 Å². The van der Waals surface area contributed by atoms with E-state index < -0.39 is 11.7 Å². The summed E-state index contributed by atoms with van der Waals surface area (Å²) in [5.41, 5.74) is 2.54. The summed E-state index contributed by atoms with van der Waals surface area (Å²) in [4.78, 5) is 27.4. The minimum absolute atomic E-state index is 0.175. The van der Waals surface area contributed by atoms with E-state index in [1.165, 1.54) is 35.2 Å². The fourth-order valence-corrected chi connectivity index (χ4v) is 4.06. The lowest BCUT2D eigenvalue weighted by molar-refractivity contribution is -0.133. The van der Waals surface area contributed by atoms with Gasteiger partial charge in [-0.25, -0.2) is 9.40 Å². The van der Waals surface area contributed by atoms with Gasteiger partial charge in [-0.15, -0.1) is 0 Å². The molecule has 0 bridgehead atoms. The first-order valence-electron chi connectivity index (χ1n) is 11.1. The molecular weight excluding hydrogens is 449 g/mol. The maximum Gasteiger partial charge on any atom is 0.262 e. The van der Waals surface area contributed by atoms with Crippen molar-refractivity contribution < 1.29 is 23.5 Å². The Morgan fingerprint density at radius 2 is 1.80 bits per heavy atom. The Labute approximate surface area is 203 Å². The van der Waals surface area contributed by atoms with E-state index in [2.05, 4.69) is 5.10 Å². The number of carbonyl (C=O) groups is 2. The van der Waals surface area contributed by atoms with Gasteiger partial charge >= 0.3 is 0 Å². The quantitative estimate of drug-likeness (QED) is 0.511. The summed E-state index contributed by atoms with van der Waals surface area (Å²) in [5, 5.41) is 6.08. The summed E-state index contributed by atoms with van der Waals surface area (Å²) in [6.07, 6.45) is 0.472. The fraction of sp³-hybridized carbons (Fsp3) is 0.222. The van der Waals surface area contributed by atoms with Crippen molar-refractivity contribution in [3.8, 4) is 11.5 Å². The van der Waals surface area contributed by atoms with Gasteiger partial charge in [0.1, 0.15) is 23.9 Å². The number of hydrogen-bond donors (Lipinski definition) is 0. The van der Waals surface area contributed by atoms with Crippen LogP contribution < -0.4 is 9.47 Å². The molecule has 4 rings (SSSR count). The lowest BCUT2D eigenvalue weighted by Gasteiger charge is -2.25. The molecule has 2 amide bonds. The first kappa shape index (κ1) is 23.9. The number of rotatable bonds is 7. The van der Waals surface area contributed by atoms with Crippen molar-refractivity contribution in [2.24, 2.45) is 5.10 Å². The summed E-state index contributed by atoms with van der Waals surface area (Å²) in [5.74, 6) is -0.0818. The second-order valence-electron chi connectivity index (χ2n) is 8.15. The number of halogens is 1. The Hall–Kier alpha value is -4.20. The lowest BCUT2D eigenvalue weighted by atomic mass is 9.98. The highest BCUT2D eigenvalue weighted by Gasteiger charge is 2.34. The number of methoxy groups -OCH3 is 2. The minimum Gasteiger partial charge on any atom is -0.497 e. The van der Waals surface area contributed by atoms with Crippen LogP contribution in [0.4, 0.5) is 4.39 Å². The van der Waals surface area contributed by atoms with Gasteiger partial charge in [0.25, 0.3) is 11.8 Å². The van der Waals surface area contributed by atoms with Crippen LogP contribution in [0.2, 0.25) is 0 Å². The van der Waals surface area contributed by atoms with Crippen LogP contribution in [0.1, 0.15) is 33.9 Å².